The third kappa shape index (κ3) is 1.34. The van der Waals surface area contributed by atoms with Crippen molar-refractivity contribution in [2.45, 2.75) is 55.4 Å². The van der Waals surface area contributed by atoms with Crippen LogP contribution in [0.2, 0.25) is 0 Å². The first kappa shape index (κ1) is 14.5. The predicted octanol–water partition coefficient (Wildman–Crippen LogP) is 1.30. The Bertz CT molecular complexity index is 786. The zero-order valence-corrected chi connectivity index (χ0v) is 13.7. The molecule has 1 saturated heterocycles. The Kier molecular flexibility index (Phi) is 2.54. The second-order valence-corrected chi connectivity index (χ2v) is 7.80. The first-order chi connectivity index (χ1) is 11.4. The molecule has 3 bridgehead atoms. The number of nitrogens with zero attached hydrogens (tertiary/aromatic N) is 1. The molecule has 1 aromatic carbocycles. The highest BCUT2D eigenvalue weighted by atomic mass is 16.5. The Hall–Kier alpha value is -1.85. The topological polar surface area (TPSA) is 70.0 Å². The molecule has 5 atom stereocenters. The number of aromatic hydroxyl groups is 1. The number of piperidine rings is 1. The van der Waals surface area contributed by atoms with E-state index in [4.69, 9.17) is 4.74 Å². The minimum Gasteiger partial charge on any atom is -0.504 e. The first-order valence-corrected chi connectivity index (χ1v) is 8.55. The average Bonchev–Trinajstić information content (AvgIpc) is 2.88. The Labute approximate surface area is 140 Å². The molecular formula is C19H21NO4. The molecule has 5 nitrogen and oxygen atoms in total. The lowest BCUT2D eigenvalue weighted by Gasteiger charge is -2.64. The van der Waals surface area contributed by atoms with E-state index >= 15 is 0 Å². The van der Waals surface area contributed by atoms with E-state index in [1.54, 1.807) is 6.07 Å². The van der Waals surface area contributed by atoms with Crippen molar-refractivity contribution in [2.75, 3.05) is 6.54 Å². The van der Waals surface area contributed by atoms with Crippen molar-refractivity contribution in [2.24, 2.45) is 0 Å². The molecule has 2 fully saturated rings. The number of fused-ring (bicyclic) bond motifs is 2. The van der Waals surface area contributed by atoms with E-state index in [2.05, 4.69) is 11.5 Å². The molecule has 2 aliphatic carbocycles. The smallest absolute Gasteiger partial charge is 0.175 e. The summed E-state index contributed by atoms with van der Waals surface area (Å²) in [5.74, 6) is 0.481. The number of ketones is 1. The zero-order valence-electron chi connectivity index (χ0n) is 13.7. The molecule has 5 heteroatoms. The van der Waals surface area contributed by atoms with Gasteiger partial charge in [-0.3, -0.25) is 9.69 Å². The van der Waals surface area contributed by atoms with Crippen LogP contribution in [0.1, 0.15) is 30.9 Å². The summed E-state index contributed by atoms with van der Waals surface area (Å²) in [6.07, 6.45) is 2.93. The molecule has 0 aromatic heterocycles. The van der Waals surface area contributed by atoms with Crippen LogP contribution in [0.15, 0.2) is 24.8 Å². The quantitative estimate of drug-likeness (QED) is 0.801. The summed E-state index contributed by atoms with van der Waals surface area (Å²) in [4.78, 5) is 15.1. The Morgan fingerprint density at radius 1 is 1.46 bits per heavy atom. The molecule has 0 radical (unpaired) electrons. The van der Waals surface area contributed by atoms with E-state index in [-0.39, 0.29) is 23.6 Å². The number of hydrogen-bond acceptors (Lipinski definition) is 5. The summed E-state index contributed by atoms with van der Waals surface area (Å²) >= 11 is 0. The second kappa shape index (κ2) is 4.21. The highest BCUT2D eigenvalue weighted by Gasteiger charge is 2.73. The molecular weight excluding hydrogens is 306 g/mol. The minimum atomic E-state index is -1.10. The van der Waals surface area contributed by atoms with Crippen molar-refractivity contribution in [1.82, 2.24) is 4.90 Å². The van der Waals surface area contributed by atoms with Gasteiger partial charge in [-0.15, -0.1) is 6.58 Å². The lowest BCUT2D eigenvalue weighted by molar-refractivity contribution is -0.189. The van der Waals surface area contributed by atoms with Crippen LogP contribution < -0.4 is 4.74 Å². The van der Waals surface area contributed by atoms with Crippen LogP contribution in [0.25, 0.3) is 0 Å². The molecule has 126 valence electrons. The van der Waals surface area contributed by atoms with Gasteiger partial charge in [0.15, 0.2) is 23.4 Å². The van der Waals surface area contributed by atoms with Crippen LogP contribution in [-0.4, -0.2) is 51.2 Å². The van der Waals surface area contributed by atoms with Crippen LogP contribution in [-0.2, 0) is 16.6 Å². The standard InChI is InChI=1S/C19H21NO4/c1-3-6-20-11-8-13(22)17-19(9-11)15-10(7-14(20)18(19,2)23)4-5-12(21)16(15)24-17/h3-5,11,14,17,21,23H,1,6-9H2,2H3/t11?,14-,17+,18-,19+/m1/s1. The largest absolute Gasteiger partial charge is 0.504 e. The number of rotatable bonds is 2. The van der Waals surface area contributed by atoms with Gasteiger partial charge >= 0.3 is 0 Å². The highest BCUT2D eigenvalue weighted by molar-refractivity contribution is 5.90. The molecule has 1 spiro atoms. The van der Waals surface area contributed by atoms with Gasteiger partial charge in [-0.2, -0.15) is 0 Å². The SMILES string of the molecule is C=CCN1C2CC(=O)[C@@H]3Oc4c(O)ccc5c4[C@]3(C2)[C@](C)(O)[C@H]1C5. The number of likely N-dealkylation sites (tertiary alicyclic amines) is 1. The van der Waals surface area contributed by atoms with Crippen molar-refractivity contribution < 1.29 is 19.7 Å². The number of benzene rings is 1. The number of phenols is 1. The number of aliphatic hydroxyl groups is 1. The lowest BCUT2D eigenvalue weighted by Crippen LogP contribution is -2.78. The van der Waals surface area contributed by atoms with Gasteiger partial charge in [0.05, 0.1) is 11.0 Å². The lowest BCUT2D eigenvalue weighted by atomic mass is 9.49. The van der Waals surface area contributed by atoms with Gasteiger partial charge in [-0.25, -0.2) is 0 Å². The molecule has 2 heterocycles. The highest BCUT2D eigenvalue weighted by Crippen LogP contribution is 2.64. The number of carbonyl (C=O) groups is 1. The normalized spacial score (nSPS) is 41.9. The summed E-state index contributed by atoms with van der Waals surface area (Å²) in [7, 11) is 0. The van der Waals surface area contributed by atoms with E-state index in [9.17, 15) is 15.0 Å². The molecule has 2 aliphatic heterocycles. The average molecular weight is 327 g/mol. The van der Waals surface area contributed by atoms with Crippen molar-refractivity contribution in [3.8, 4) is 11.5 Å². The van der Waals surface area contributed by atoms with E-state index in [0.717, 1.165) is 11.1 Å². The van der Waals surface area contributed by atoms with Crippen LogP contribution in [0.4, 0.5) is 0 Å². The fourth-order valence-electron chi connectivity index (χ4n) is 5.86. The van der Waals surface area contributed by atoms with E-state index < -0.39 is 17.1 Å². The van der Waals surface area contributed by atoms with Gasteiger partial charge in [0.2, 0.25) is 0 Å². The van der Waals surface area contributed by atoms with Gasteiger partial charge in [0, 0.05) is 30.6 Å². The molecule has 4 aliphatic rings. The molecule has 1 saturated carbocycles. The van der Waals surface area contributed by atoms with Gasteiger partial charge < -0.3 is 14.9 Å². The van der Waals surface area contributed by atoms with Crippen LogP contribution in [0, 0.1) is 0 Å². The monoisotopic (exact) mass is 327 g/mol. The maximum atomic E-state index is 12.9. The van der Waals surface area contributed by atoms with Crippen molar-refractivity contribution in [3.63, 3.8) is 0 Å². The molecule has 0 amide bonds. The van der Waals surface area contributed by atoms with Gasteiger partial charge in [0.25, 0.3) is 0 Å². The predicted molar refractivity (Wildman–Crippen MR) is 87.2 cm³/mol. The van der Waals surface area contributed by atoms with Crippen molar-refractivity contribution in [1.29, 1.82) is 0 Å². The van der Waals surface area contributed by atoms with Gasteiger partial charge in [-0.05, 0) is 31.4 Å². The van der Waals surface area contributed by atoms with Gasteiger partial charge in [0.1, 0.15) is 0 Å². The fraction of sp³-hybridized carbons (Fsp3) is 0.526. The van der Waals surface area contributed by atoms with Crippen molar-refractivity contribution in [3.05, 3.63) is 35.9 Å². The second-order valence-electron chi connectivity index (χ2n) is 7.80. The third-order valence-corrected chi connectivity index (χ3v) is 6.81. The number of ether oxygens (including phenoxy) is 1. The van der Waals surface area contributed by atoms with Crippen LogP contribution >= 0.6 is 0 Å². The number of Topliss-reactive ketones (excluding diaryl/α,β-unsaturated/α-hetero) is 1. The molecule has 2 N–H and O–H groups in total. The third-order valence-electron chi connectivity index (χ3n) is 6.81. The maximum Gasteiger partial charge on any atom is 0.175 e. The number of carbonyl (C=O) groups excluding carboxylic acids is 1. The molecule has 1 unspecified atom stereocenters. The molecule has 24 heavy (non-hydrogen) atoms. The van der Waals surface area contributed by atoms with E-state index in [0.29, 0.717) is 31.6 Å². The zero-order chi connectivity index (χ0) is 16.9. The number of hydrogen-bond donors (Lipinski definition) is 2. The fourth-order valence-corrected chi connectivity index (χ4v) is 5.86. The van der Waals surface area contributed by atoms with E-state index in [1.807, 2.05) is 19.1 Å². The molecule has 5 rings (SSSR count). The summed E-state index contributed by atoms with van der Waals surface area (Å²) in [6.45, 7) is 6.33. The van der Waals surface area contributed by atoms with Gasteiger partial charge in [-0.1, -0.05) is 12.1 Å². The van der Waals surface area contributed by atoms with Crippen LogP contribution in [0.5, 0.6) is 11.5 Å². The number of phenolic OH excluding ortho intramolecular Hbond substituents is 1. The van der Waals surface area contributed by atoms with Crippen LogP contribution in [0.3, 0.4) is 0 Å². The summed E-state index contributed by atoms with van der Waals surface area (Å²) in [5.41, 5.74) is 0.0881. The first-order valence-electron chi connectivity index (χ1n) is 8.55. The van der Waals surface area contributed by atoms with E-state index in [1.165, 1.54) is 0 Å². The Morgan fingerprint density at radius 2 is 2.25 bits per heavy atom. The summed E-state index contributed by atoms with van der Waals surface area (Å²) < 4.78 is 5.97. The maximum absolute atomic E-state index is 12.9. The summed E-state index contributed by atoms with van der Waals surface area (Å²) in [5, 5.41) is 21.9. The van der Waals surface area contributed by atoms with Crippen molar-refractivity contribution >= 4 is 5.78 Å². The Balaban J connectivity index is 1.83. The molecule has 1 aromatic rings. The Morgan fingerprint density at radius 3 is 3.00 bits per heavy atom. The minimum absolute atomic E-state index is 0.0162. The summed E-state index contributed by atoms with van der Waals surface area (Å²) in [6, 6.07) is 3.55.